The molecule has 138 valence electrons. The molecule has 2 fully saturated rings. The molecule has 1 saturated carbocycles. The first kappa shape index (κ1) is 18.4. The van der Waals surface area contributed by atoms with Crippen LogP contribution in [0, 0.1) is 0 Å². The van der Waals surface area contributed by atoms with Gasteiger partial charge in [-0.05, 0) is 30.7 Å². The number of carbonyl (C=O) groups excluding carboxylic acids is 2. The van der Waals surface area contributed by atoms with Crippen LogP contribution in [0.15, 0.2) is 16.8 Å². The maximum absolute atomic E-state index is 12.3. The van der Waals surface area contributed by atoms with Gasteiger partial charge in [-0.3, -0.25) is 14.5 Å². The van der Waals surface area contributed by atoms with E-state index in [0.717, 1.165) is 19.5 Å². The number of thiophene rings is 1. The SMILES string of the molecule is CN(CC(=O)NC1CCN(C2CCCCCC2)C1)C(=O)c1ccsc1. The van der Waals surface area contributed by atoms with Crippen LogP contribution >= 0.6 is 11.3 Å². The minimum Gasteiger partial charge on any atom is -0.350 e. The molecule has 2 heterocycles. The molecule has 0 radical (unpaired) electrons. The molecule has 0 bridgehead atoms. The number of hydrogen-bond donors (Lipinski definition) is 1. The molecule has 1 aromatic heterocycles. The van der Waals surface area contributed by atoms with Gasteiger partial charge in [0.15, 0.2) is 0 Å². The standard InChI is InChI=1S/C19H29N3O2S/c1-21(19(24)15-9-11-25-14-15)13-18(23)20-16-8-10-22(12-16)17-6-4-2-3-5-7-17/h9,11,14,16-17H,2-8,10,12-13H2,1H3,(H,20,23). The van der Waals surface area contributed by atoms with Crippen LogP contribution in [0.4, 0.5) is 0 Å². The average molecular weight is 364 g/mol. The van der Waals surface area contributed by atoms with Crippen molar-refractivity contribution in [3.63, 3.8) is 0 Å². The minimum absolute atomic E-state index is 0.0567. The number of nitrogens with one attached hydrogen (secondary N) is 1. The summed E-state index contributed by atoms with van der Waals surface area (Å²) in [7, 11) is 1.69. The first-order valence-corrected chi connectivity index (χ1v) is 10.4. The number of likely N-dealkylation sites (N-methyl/N-ethyl adjacent to an activating group) is 1. The molecule has 1 N–H and O–H groups in total. The quantitative estimate of drug-likeness (QED) is 0.819. The number of likely N-dealkylation sites (tertiary alicyclic amines) is 1. The van der Waals surface area contributed by atoms with Gasteiger partial charge < -0.3 is 10.2 Å². The Kier molecular flexibility index (Phi) is 6.48. The first-order chi connectivity index (χ1) is 12.1. The number of amides is 2. The summed E-state index contributed by atoms with van der Waals surface area (Å²) in [4.78, 5) is 28.6. The second-order valence-corrected chi connectivity index (χ2v) is 8.15. The Bertz CT molecular complexity index is 567. The zero-order chi connectivity index (χ0) is 17.6. The largest absolute Gasteiger partial charge is 0.350 e. The van der Waals surface area contributed by atoms with E-state index in [9.17, 15) is 9.59 Å². The lowest BCUT2D eigenvalue weighted by molar-refractivity contribution is -0.122. The molecule has 1 unspecified atom stereocenters. The Balaban J connectivity index is 1.43. The molecule has 2 aliphatic rings. The van der Waals surface area contributed by atoms with E-state index in [1.807, 2.05) is 10.8 Å². The van der Waals surface area contributed by atoms with Crippen LogP contribution in [-0.2, 0) is 4.79 Å². The number of carbonyl (C=O) groups is 2. The molecule has 1 aromatic rings. The fraction of sp³-hybridized carbons (Fsp3) is 0.684. The third-order valence-corrected chi connectivity index (χ3v) is 6.10. The second kappa shape index (κ2) is 8.81. The summed E-state index contributed by atoms with van der Waals surface area (Å²) in [6, 6.07) is 2.72. The van der Waals surface area contributed by atoms with Crippen LogP contribution in [0.2, 0.25) is 0 Å². The van der Waals surface area contributed by atoms with E-state index in [1.54, 1.807) is 13.1 Å². The molecule has 1 atom stereocenters. The summed E-state index contributed by atoms with van der Waals surface area (Å²) in [6.45, 7) is 2.16. The Hall–Kier alpha value is -1.40. The molecule has 0 aromatic carbocycles. The van der Waals surface area contributed by atoms with Crippen LogP contribution in [-0.4, -0.2) is 60.4 Å². The normalized spacial score (nSPS) is 22.5. The molecule has 3 rings (SSSR count). The van der Waals surface area contributed by atoms with Crippen LogP contribution in [0.25, 0.3) is 0 Å². The highest BCUT2D eigenvalue weighted by molar-refractivity contribution is 7.08. The van der Waals surface area contributed by atoms with Gasteiger partial charge in [-0.1, -0.05) is 25.7 Å². The second-order valence-electron chi connectivity index (χ2n) is 7.37. The smallest absolute Gasteiger partial charge is 0.254 e. The van der Waals surface area contributed by atoms with Crippen molar-refractivity contribution in [2.45, 2.75) is 57.0 Å². The molecule has 25 heavy (non-hydrogen) atoms. The molecule has 1 aliphatic heterocycles. The van der Waals surface area contributed by atoms with E-state index in [-0.39, 0.29) is 24.4 Å². The van der Waals surface area contributed by atoms with Gasteiger partial charge in [0, 0.05) is 37.6 Å². The number of rotatable bonds is 5. The van der Waals surface area contributed by atoms with Crippen LogP contribution in [0.5, 0.6) is 0 Å². The van der Waals surface area contributed by atoms with E-state index in [2.05, 4.69) is 10.2 Å². The Morgan fingerprint density at radius 1 is 1.24 bits per heavy atom. The van der Waals surface area contributed by atoms with Crippen LogP contribution in [0.1, 0.15) is 55.3 Å². The summed E-state index contributed by atoms with van der Waals surface area (Å²) in [5, 5.41) is 6.82. The van der Waals surface area contributed by atoms with Crippen molar-refractivity contribution in [1.29, 1.82) is 0 Å². The van der Waals surface area contributed by atoms with Gasteiger partial charge in [0.2, 0.25) is 5.91 Å². The molecule has 1 saturated heterocycles. The fourth-order valence-corrected chi connectivity index (χ4v) is 4.66. The van der Waals surface area contributed by atoms with E-state index in [0.29, 0.717) is 11.6 Å². The maximum atomic E-state index is 12.3. The molecular formula is C19H29N3O2S. The van der Waals surface area contributed by atoms with Gasteiger partial charge in [0.25, 0.3) is 5.91 Å². The summed E-state index contributed by atoms with van der Waals surface area (Å²) in [5.74, 6) is -0.151. The monoisotopic (exact) mass is 363 g/mol. The van der Waals surface area contributed by atoms with Gasteiger partial charge in [-0.2, -0.15) is 11.3 Å². The highest BCUT2D eigenvalue weighted by Crippen LogP contribution is 2.25. The fourth-order valence-electron chi connectivity index (χ4n) is 4.03. The highest BCUT2D eigenvalue weighted by Gasteiger charge is 2.29. The Morgan fingerprint density at radius 3 is 2.68 bits per heavy atom. The summed E-state index contributed by atoms with van der Waals surface area (Å²) in [6.07, 6.45) is 9.05. The summed E-state index contributed by atoms with van der Waals surface area (Å²) >= 11 is 1.49. The van der Waals surface area contributed by atoms with Crippen LogP contribution in [0.3, 0.4) is 0 Å². The molecular weight excluding hydrogens is 334 g/mol. The minimum atomic E-state index is -0.0945. The van der Waals surface area contributed by atoms with Gasteiger partial charge in [0.05, 0.1) is 12.1 Å². The molecule has 2 amide bonds. The van der Waals surface area contributed by atoms with Crippen molar-refractivity contribution in [2.24, 2.45) is 0 Å². The maximum Gasteiger partial charge on any atom is 0.254 e. The number of hydrogen-bond acceptors (Lipinski definition) is 4. The highest BCUT2D eigenvalue weighted by atomic mass is 32.1. The van der Waals surface area contributed by atoms with Gasteiger partial charge in [-0.25, -0.2) is 0 Å². The third-order valence-electron chi connectivity index (χ3n) is 5.42. The zero-order valence-electron chi connectivity index (χ0n) is 15.1. The molecule has 1 aliphatic carbocycles. The van der Waals surface area contributed by atoms with E-state index < -0.39 is 0 Å². The van der Waals surface area contributed by atoms with Crippen molar-refractivity contribution in [3.05, 3.63) is 22.4 Å². The van der Waals surface area contributed by atoms with Crippen molar-refractivity contribution in [3.8, 4) is 0 Å². The van der Waals surface area contributed by atoms with E-state index in [4.69, 9.17) is 0 Å². The topological polar surface area (TPSA) is 52.7 Å². The van der Waals surface area contributed by atoms with Crippen LogP contribution < -0.4 is 5.32 Å². The molecule has 5 nitrogen and oxygen atoms in total. The van der Waals surface area contributed by atoms with Crippen molar-refractivity contribution in [2.75, 3.05) is 26.7 Å². The molecule has 6 heteroatoms. The number of nitrogens with zero attached hydrogens (tertiary/aromatic N) is 2. The van der Waals surface area contributed by atoms with E-state index in [1.165, 1.54) is 54.8 Å². The van der Waals surface area contributed by atoms with Gasteiger partial charge >= 0.3 is 0 Å². The van der Waals surface area contributed by atoms with Gasteiger partial charge in [-0.15, -0.1) is 0 Å². The predicted molar refractivity (Wildman–Crippen MR) is 101 cm³/mol. The third kappa shape index (κ3) is 5.05. The Labute approximate surface area is 154 Å². The zero-order valence-corrected chi connectivity index (χ0v) is 15.9. The van der Waals surface area contributed by atoms with Crippen molar-refractivity contribution >= 4 is 23.2 Å². The lowest BCUT2D eigenvalue weighted by Gasteiger charge is -2.27. The Morgan fingerprint density at radius 2 is 2.00 bits per heavy atom. The predicted octanol–water partition coefficient (Wildman–Crippen LogP) is 2.73. The average Bonchev–Trinajstić information content (AvgIpc) is 3.21. The molecule has 0 spiro atoms. The van der Waals surface area contributed by atoms with Gasteiger partial charge in [0.1, 0.15) is 0 Å². The van der Waals surface area contributed by atoms with Crippen molar-refractivity contribution < 1.29 is 9.59 Å². The first-order valence-electron chi connectivity index (χ1n) is 9.44. The lowest BCUT2D eigenvalue weighted by atomic mass is 10.1. The van der Waals surface area contributed by atoms with E-state index >= 15 is 0 Å². The summed E-state index contributed by atoms with van der Waals surface area (Å²) in [5.41, 5.74) is 0.653. The van der Waals surface area contributed by atoms with Crippen molar-refractivity contribution in [1.82, 2.24) is 15.1 Å². The lowest BCUT2D eigenvalue weighted by Crippen LogP contribution is -2.44. The summed E-state index contributed by atoms with van der Waals surface area (Å²) < 4.78 is 0.